The molecule has 0 saturated carbocycles. The van der Waals surface area contributed by atoms with Crippen LogP contribution >= 0.6 is 11.3 Å². The fourth-order valence-corrected chi connectivity index (χ4v) is 4.65. The van der Waals surface area contributed by atoms with Crippen molar-refractivity contribution in [2.24, 2.45) is 5.92 Å². The Kier molecular flexibility index (Phi) is 4.98. The lowest BCUT2D eigenvalue weighted by Crippen LogP contribution is -2.32. The van der Waals surface area contributed by atoms with Crippen molar-refractivity contribution in [1.29, 1.82) is 0 Å². The highest BCUT2D eigenvalue weighted by Crippen LogP contribution is 2.27. The fourth-order valence-electron chi connectivity index (χ4n) is 3.88. The predicted octanol–water partition coefficient (Wildman–Crippen LogP) is 4.48. The number of hydrogen-bond donors (Lipinski definition) is 0. The van der Waals surface area contributed by atoms with Crippen molar-refractivity contribution < 1.29 is 4.79 Å². The standard InChI is InChI=1S/C21H23N3OS/c1-15-20(26-14-23-15)21(25)24-9-4-5-16(8-10-24)11-18-13-22-12-17-6-2-3-7-19(17)18/h2-3,6-7,12-14,16H,4-5,8-11H2,1H3/t16-/m0/s1. The van der Waals surface area contributed by atoms with Gasteiger partial charge in [0.15, 0.2) is 0 Å². The van der Waals surface area contributed by atoms with Crippen LogP contribution in [-0.4, -0.2) is 33.9 Å². The molecule has 1 aromatic carbocycles. The summed E-state index contributed by atoms with van der Waals surface area (Å²) in [6.45, 7) is 3.59. The zero-order chi connectivity index (χ0) is 17.9. The molecule has 1 atom stereocenters. The summed E-state index contributed by atoms with van der Waals surface area (Å²) in [6.07, 6.45) is 8.25. The molecule has 1 aliphatic rings. The Labute approximate surface area is 157 Å². The average Bonchev–Trinajstić information content (AvgIpc) is 2.95. The predicted molar refractivity (Wildman–Crippen MR) is 106 cm³/mol. The maximum absolute atomic E-state index is 12.8. The molecular formula is C21H23N3OS. The number of amides is 1. The van der Waals surface area contributed by atoms with Crippen LogP contribution < -0.4 is 0 Å². The zero-order valence-electron chi connectivity index (χ0n) is 15.0. The van der Waals surface area contributed by atoms with Gasteiger partial charge in [-0.3, -0.25) is 9.78 Å². The number of hydrogen-bond acceptors (Lipinski definition) is 4. The van der Waals surface area contributed by atoms with Crippen molar-refractivity contribution in [2.75, 3.05) is 13.1 Å². The molecule has 0 spiro atoms. The Balaban J connectivity index is 1.45. The lowest BCUT2D eigenvalue weighted by Gasteiger charge is -2.20. The van der Waals surface area contributed by atoms with E-state index in [1.54, 1.807) is 5.51 Å². The molecule has 0 N–H and O–H groups in total. The van der Waals surface area contributed by atoms with Crippen LogP contribution in [-0.2, 0) is 6.42 Å². The highest BCUT2D eigenvalue weighted by atomic mass is 32.1. The van der Waals surface area contributed by atoms with Gasteiger partial charge in [-0.15, -0.1) is 11.3 Å². The minimum absolute atomic E-state index is 0.150. The van der Waals surface area contributed by atoms with Crippen molar-refractivity contribution in [3.05, 3.63) is 58.3 Å². The number of pyridine rings is 1. The Morgan fingerprint density at radius 1 is 1.23 bits per heavy atom. The van der Waals surface area contributed by atoms with E-state index in [1.807, 2.05) is 24.2 Å². The normalized spacial score (nSPS) is 18.0. The maximum Gasteiger partial charge on any atom is 0.265 e. The molecule has 1 amide bonds. The number of fused-ring (bicyclic) bond motifs is 1. The van der Waals surface area contributed by atoms with Gasteiger partial charge in [-0.25, -0.2) is 4.98 Å². The Bertz CT molecular complexity index is 915. The third-order valence-electron chi connectivity index (χ3n) is 5.33. The molecule has 5 heteroatoms. The summed E-state index contributed by atoms with van der Waals surface area (Å²) in [6, 6.07) is 8.46. The summed E-state index contributed by atoms with van der Waals surface area (Å²) in [7, 11) is 0. The van der Waals surface area contributed by atoms with Crippen molar-refractivity contribution in [3.8, 4) is 0 Å². The summed E-state index contributed by atoms with van der Waals surface area (Å²) in [4.78, 5) is 24.2. The zero-order valence-corrected chi connectivity index (χ0v) is 15.8. The first-order valence-electron chi connectivity index (χ1n) is 9.23. The highest BCUT2D eigenvalue weighted by molar-refractivity contribution is 7.11. The van der Waals surface area contributed by atoms with E-state index in [2.05, 4.69) is 34.2 Å². The Morgan fingerprint density at radius 2 is 2.12 bits per heavy atom. The summed E-state index contributed by atoms with van der Waals surface area (Å²) >= 11 is 1.45. The molecule has 1 saturated heterocycles. The Hall–Kier alpha value is -2.27. The molecule has 26 heavy (non-hydrogen) atoms. The van der Waals surface area contributed by atoms with Gasteiger partial charge < -0.3 is 4.90 Å². The fraction of sp³-hybridized carbons (Fsp3) is 0.381. The van der Waals surface area contributed by atoms with Crippen LogP contribution in [0.15, 0.2) is 42.2 Å². The van der Waals surface area contributed by atoms with Crippen LogP contribution in [0, 0.1) is 12.8 Å². The lowest BCUT2D eigenvalue weighted by molar-refractivity contribution is 0.0764. The molecule has 3 aromatic rings. The van der Waals surface area contributed by atoms with Gasteiger partial charge in [-0.2, -0.15) is 0 Å². The summed E-state index contributed by atoms with van der Waals surface area (Å²) in [5, 5.41) is 2.51. The van der Waals surface area contributed by atoms with Gasteiger partial charge >= 0.3 is 0 Å². The molecule has 0 bridgehead atoms. The van der Waals surface area contributed by atoms with E-state index in [0.29, 0.717) is 5.92 Å². The summed E-state index contributed by atoms with van der Waals surface area (Å²) < 4.78 is 0. The second kappa shape index (κ2) is 7.54. The first-order valence-corrected chi connectivity index (χ1v) is 10.1. The number of carbonyl (C=O) groups is 1. The van der Waals surface area contributed by atoms with E-state index >= 15 is 0 Å². The number of nitrogens with zero attached hydrogens (tertiary/aromatic N) is 3. The summed E-state index contributed by atoms with van der Waals surface area (Å²) in [5.41, 5.74) is 3.94. The first-order chi connectivity index (χ1) is 12.7. The topological polar surface area (TPSA) is 46.1 Å². The van der Waals surface area contributed by atoms with E-state index in [0.717, 1.165) is 49.3 Å². The smallest absolute Gasteiger partial charge is 0.265 e. The third-order valence-corrected chi connectivity index (χ3v) is 6.25. The van der Waals surface area contributed by atoms with Crippen LogP contribution in [0.3, 0.4) is 0 Å². The molecule has 3 heterocycles. The van der Waals surface area contributed by atoms with Crippen molar-refractivity contribution >= 4 is 28.0 Å². The van der Waals surface area contributed by atoms with Crippen molar-refractivity contribution in [1.82, 2.24) is 14.9 Å². The molecule has 0 radical (unpaired) electrons. The molecule has 2 aromatic heterocycles. The maximum atomic E-state index is 12.8. The molecule has 1 fully saturated rings. The third kappa shape index (κ3) is 3.49. The molecule has 0 unspecified atom stereocenters. The van der Waals surface area contributed by atoms with E-state index < -0.39 is 0 Å². The van der Waals surface area contributed by atoms with E-state index in [1.165, 1.54) is 27.7 Å². The van der Waals surface area contributed by atoms with Crippen molar-refractivity contribution in [2.45, 2.75) is 32.6 Å². The number of rotatable bonds is 3. The number of aromatic nitrogens is 2. The van der Waals surface area contributed by atoms with Gasteiger partial charge in [-0.05, 0) is 49.5 Å². The second-order valence-corrected chi connectivity index (χ2v) is 7.93. The highest BCUT2D eigenvalue weighted by Gasteiger charge is 2.24. The van der Waals surface area contributed by atoms with Crippen LogP contribution in [0.5, 0.6) is 0 Å². The van der Waals surface area contributed by atoms with Crippen LogP contribution in [0.2, 0.25) is 0 Å². The van der Waals surface area contributed by atoms with Crippen LogP contribution in [0.1, 0.15) is 40.2 Å². The van der Waals surface area contributed by atoms with E-state index in [4.69, 9.17) is 0 Å². The van der Waals surface area contributed by atoms with Crippen LogP contribution in [0.25, 0.3) is 10.8 Å². The van der Waals surface area contributed by atoms with Gasteiger partial charge in [0.25, 0.3) is 5.91 Å². The number of carbonyl (C=O) groups excluding carboxylic acids is 1. The SMILES string of the molecule is Cc1ncsc1C(=O)N1CCC[C@H](Cc2cncc3ccccc23)CC1. The monoisotopic (exact) mass is 365 g/mol. The van der Waals surface area contributed by atoms with Crippen LogP contribution in [0.4, 0.5) is 0 Å². The lowest BCUT2D eigenvalue weighted by atomic mass is 9.91. The van der Waals surface area contributed by atoms with Gasteiger partial charge in [-0.1, -0.05) is 24.3 Å². The number of benzene rings is 1. The first kappa shape index (κ1) is 17.2. The van der Waals surface area contributed by atoms with Crippen molar-refractivity contribution in [3.63, 3.8) is 0 Å². The van der Waals surface area contributed by atoms with Gasteiger partial charge in [0.05, 0.1) is 11.2 Å². The van der Waals surface area contributed by atoms with Gasteiger partial charge in [0, 0.05) is 30.9 Å². The molecule has 4 rings (SSSR count). The molecule has 134 valence electrons. The molecular weight excluding hydrogens is 342 g/mol. The minimum Gasteiger partial charge on any atom is -0.338 e. The molecule has 4 nitrogen and oxygen atoms in total. The van der Waals surface area contributed by atoms with Gasteiger partial charge in [0.2, 0.25) is 0 Å². The summed E-state index contributed by atoms with van der Waals surface area (Å²) in [5.74, 6) is 0.750. The largest absolute Gasteiger partial charge is 0.338 e. The Morgan fingerprint density at radius 3 is 2.96 bits per heavy atom. The van der Waals surface area contributed by atoms with E-state index in [9.17, 15) is 4.79 Å². The second-order valence-electron chi connectivity index (χ2n) is 7.08. The average molecular weight is 366 g/mol. The molecule has 0 aliphatic carbocycles. The number of likely N-dealkylation sites (tertiary alicyclic amines) is 1. The van der Waals surface area contributed by atoms with Gasteiger partial charge in [0.1, 0.15) is 4.88 Å². The number of thiazole rings is 1. The minimum atomic E-state index is 0.150. The van der Waals surface area contributed by atoms with E-state index in [-0.39, 0.29) is 5.91 Å². The number of aryl methyl sites for hydroxylation is 1. The quantitative estimate of drug-likeness (QED) is 0.687. The molecule has 1 aliphatic heterocycles.